The fourth-order valence-electron chi connectivity index (χ4n) is 3.40. The van der Waals surface area contributed by atoms with Crippen molar-refractivity contribution in [1.29, 1.82) is 0 Å². The summed E-state index contributed by atoms with van der Waals surface area (Å²) in [5, 5.41) is 0. The van der Waals surface area contributed by atoms with E-state index in [1.54, 1.807) is 0 Å². The number of carbonyl (C=O) groups is 2. The Bertz CT molecular complexity index is 537. The van der Waals surface area contributed by atoms with Gasteiger partial charge in [0.25, 0.3) is 0 Å². The number of hydrogen-bond acceptors (Lipinski definition) is 3. The molecule has 0 saturated heterocycles. The highest BCUT2D eigenvalue weighted by molar-refractivity contribution is 6.70. The summed E-state index contributed by atoms with van der Waals surface area (Å²) < 4.78 is 6.21. The molecule has 0 amide bonds. The van der Waals surface area contributed by atoms with E-state index in [0.29, 0.717) is 11.9 Å². The number of hydrogen-bond donors (Lipinski definition) is 0. The molecule has 1 aliphatic rings. The normalized spacial score (nSPS) is 26.6. The van der Waals surface area contributed by atoms with Crippen molar-refractivity contribution in [2.75, 3.05) is 0 Å². The van der Waals surface area contributed by atoms with Crippen LogP contribution in [-0.4, -0.2) is 20.4 Å². The van der Waals surface area contributed by atoms with Crippen molar-refractivity contribution in [3.05, 3.63) is 35.6 Å². The second-order valence-electron chi connectivity index (χ2n) is 7.22. The Morgan fingerprint density at radius 1 is 1.41 bits per heavy atom. The number of allylic oxidation sites excluding steroid dienone is 5. The van der Waals surface area contributed by atoms with Crippen LogP contribution < -0.4 is 0 Å². The van der Waals surface area contributed by atoms with Gasteiger partial charge in [-0.05, 0) is 51.6 Å². The third-order valence-corrected chi connectivity index (χ3v) is 5.22. The van der Waals surface area contributed by atoms with Gasteiger partial charge in [-0.2, -0.15) is 0 Å². The first-order valence-electron chi connectivity index (χ1n) is 7.75. The zero-order valence-corrected chi connectivity index (χ0v) is 15.7. The van der Waals surface area contributed by atoms with Gasteiger partial charge in [-0.15, -0.1) is 6.58 Å². The number of carbonyl (C=O) groups excluding carboxylic acids is 2. The first-order valence-corrected chi connectivity index (χ1v) is 11.2. The summed E-state index contributed by atoms with van der Waals surface area (Å²) in [6, 6.07) is 0. The summed E-state index contributed by atoms with van der Waals surface area (Å²) >= 11 is 0. The Balaban J connectivity index is 3.33. The minimum Gasteiger partial charge on any atom is -0.547 e. The molecule has 4 heteroatoms. The minimum absolute atomic E-state index is 0.00250. The van der Waals surface area contributed by atoms with E-state index in [2.05, 4.69) is 33.1 Å². The van der Waals surface area contributed by atoms with Crippen molar-refractivity contribution in [1.82, 2.24) is 0 Å². The Labute approximate surface area is 135 Å². The van der Waals surface area contributed by atoms with E-state index in [0.717, 1.165) is 24.2 Å². The van der Waals surface area contributed by atoms with Crippen LogP contribution in [0.1, 0.15) is 33.6 Å². The van der Waals surface area contributed by atoms with Gasteiger partial charge in [0.05, 0.1) is 5.76 Å². The molecule has 1 rings (SSSR count). The molecule has 0 aromatic heterocycles. The fourth-order valence-corrected chi connectivity index (χ4v) is 4.40. The number of Topliss-reactive ketones (excluding diaryl/α,β-unsaturated/α-hetero) is 1. The average molecular weight is 321 g/mol. The Morgan fingerprint density at radius 2 is 2.00 bits per heavy atom. The first-order chi connectivity index (χ1) is 10.1. The minimum atomic E-state index is -1.67. The molecule has 0 saturated carbocycles. The number of ketones is 1. The lowest BCUT2D eigenvalue weighted by atomic mass is 9.62. The molecule has 2 atom stereocenters. The van der Waals surface area contributed by atoms with Gasteiger partial charge in [-0.3, -0.25) is 9.59 Å². The summed E-state index contributed by atoms with van der Waals surface area (Å²) in [5.74, 6) is 0.988. The van der Waals surface area contributed by atoms with Crippen LogP contribution in [0.4, 0.5) is 0 Å². The lowest BCUT2D eigenvalue weighted by Gasteiger charge is -2.43. The molecule has 0 aromatic carbocycles. The van der Waals surface area contributed by atoms with E-state index >= 15 is 0 Å². The lowest BCUT2D eigenvalue weighted by Crippen LogP contribution is -2.37. The monoisotopic (exact) mass is 320 g/mol. The standard InChI is InChI=1S/C18H28O3Si/c1-8-15-13(2)17(21-22(5,6)7)9-11-18(15,4)16(10-12-19)14(3)20/h8,10,12,15H,1,9,11H2,2-7H3/b16-10+/t15-,18-/m0/s1. The van der Waals surface area contributed by atoms with Crippen LogP contribution >= 0.6 is 0 Å². The molecule has 0 aliphatic heterocycles. The molecule has 0 fully saturated rings. The molecular weight excluding hydrogens is 292 g/mol. The molecule has 0 N–H and O–H groups in total. The Kier molecular flexibility index (Phi) is 5.74. The second-order valence-corrected chi connectivity index (χ2v) is 11.7. The molecule has 0 aromatic rings. The largest absolute Gasteiger partial charge is 0.547 e. The first kappa shape index (κ1) is 18.6. The van der Waals surface area contributed by atoms with E-state index in [1.807, 2.05) is 13.0 Å². The molecule has 0 bridgehead atoms. The number of aldehydes is 1. The Hall–Kier alpha value is -1.42. The van der Waals surface area contributed by atoms with Gasteiger partial charge in [0.2, 0.25) is 8.32 Å². The summed E-state index contributed by atoms with van der Waals surface area (Å²) in [6.07, 6.45) is 5.57. The van der Waals surface area contributed by atoms with Gasteiger partial charge < -0.3 is 4.43 Å². The zero-order chi connectivity index (χ0) is 17.1. The van der Waals surface area contributed by atoms with Crippen LogP contribution in [0.15, 0.2) is 35.6 Å². The van der Waals surface area contributed by atoms with Crippen LogP contribution in [0.25, 0.3) is 0 Å². The summed E-state index contributed by atoms with van der Waals surface area (Å²) in [6.45, 7) is 16.1. The van der Waals surface area contributed by atoms with Crippen LogP contribution in [-0.2, 0) is 14.0 Å². The van der Waals surface area contributed by atoms with Crippen LogP contribution in [0.2, 0.25) is 19.6 Å². The third-order valence-electron chi connectivity index (χ3n) is 4.36. The molecule has 3 nitrogen and oxygen atoms in total. The second kappa shape index (κ2) is 6.78. The van der Waals surface area contributed by atoms with E-state index in [-0.39, 0.29) is 11.7 Å². The van der Waals surface area contributed by atoms with E-state index in [4.69, 9.17) is 4.43 Å². The molecule has 0 unspecified atom stereocenters. The van der Waals surface area contributed by atoms with Crippen LogP contribution in [0, 0.1) is 11.3 Å². The molecule has 1 aliphatic carbocycles. The molecule has 122 valence electrons. The maximum Gasteiger partial charge on any atom is 0.241 e. The molecule has 0 radical (unpaired) electrons. The van der Waals surface area contributed by atoms with E-state index in [9.17, 15) is 9.59 Å². The van der Waals surface area contributed by atoms with Gasteiger partial charge in [-0.1, -0.05) is 13.0 Å². The van der Waals surface area contributed by atoms with Gasteiger partial charge in [0.1, 0.15) is 6.29 Å². The van der Waals surface area contributed by atoms with Crippen molar-refractivity contribution < 1.29 is 14.0 Å². The lowest BCUT2D eigenvalue weighted by molar-refractivity contribution is -0.115. The SMILES string of the molecule is C=C[C@H]1C(C)=C(O[Si](C)(C)C)CC[C@]1(C)/C(=C/C=O)C(C)=O. The maximum atomic E-state index is 12.0. The average Bonchev–Trinajstić information content (AvgIpc) is 2.38. The summed E-state index contributed by atoms with van der Waals surface area (Å²) in [7, 11) is -1.67. The van der Waals surface area contributed by atoms with Crippen molar-refractivity contribution in [3.8, 4) is 0 Å². The molecule has 0 heterocycles. The van der Waals surface area contributed by atoms with Gasteiger partial charge >= 0.3 is 0 Å². The predicted molar refractivity (Wildman–Crippen MR) is 93.0 cm³/mol. The van der Waals surface area contributed by atoms with Crippen molar-refractivity contribution in [2.45, 2.75) is 53.3 Å². The predicted octanol–water partition coefficient (Wildman–Crippen LogP) is 4.43. The number of rotatable bonds is 6. The smallest absolute Gasteiger partial charge is 0.241 e. The van der Waals surface area contributed by atoms with Gasteiger partial charge in [0, 0.05) is 23.3 Å². The van der Waals surface area contributed by atoms with E-state index < -0.39 is 13.7 Å². The molecule has 22 heavy (non-hydrogen) atoms. The van der Waals surface area contributed by atoms with Gasteiger partial charge in [-0.25, -0.2) is 0 Å². The highest BCUT2D eigenvalue weighted by Gasteiger charge is 2.43. The van der Waals surface area contributed by atoms with Crippen molar-refractivity contribution in [2.24, 2.45) is 11.3 Å². The van der Waals surface area contributed by atoms with Crippen LogP contribution in [0.5, 0.6) is 0 Å². The highest BCUT2D eigenvalue weighted by atomic mass is 28.4. The Morgan fingerprint density at radius 3 is 2.41 bits per heavy atom. The third kappa shape index (κ3) is 3.86. The van der Waals surface area contributed by atoms with Crippen molar-refractivity contribution in [3.63, 3.8) is 0 Å². The van der Waals surface area contributed by atoms with Crippen LogP contribution in [0.3, 0.4) is 0 Å². The summed E-state index contributed by atoms with van der Waals surface area (Å²) in [4.78, 5) is 23.0. The van der Waals surface area contributed by atoms with Crippen molar-refractivity contribution >= 4 is 20.4 Å². The summed E-state index contributed by atoms with van der Waals surface area (Å²) in [5.41, 5.74) is 1.31. The molecule has 0 spiro atoms. The quantitative estimate of drug-likeness (QED) is 0.315. The van der Waals surface area contributed by atoms with Gasteiger partial charge in [0.15, 0.2) is 5.78 Å². The maximum absolute atomic E-state index is 12.0. The zero-order valence-electron chi connectivity index (χ0n) is 14.7. The topological polar surface area (TPSA) is 43.4 Å². The highest BCUT2D eigenvalue weighted by Crippen LogP contribution is 2.50. The fraction of sp³-hybridized carbons (Fsp3) is 0.556. The molecular formula is C18H28O3Si. The van der Waals surface area contributed by atoms with E-state index in [1.165, 1.54) is 13.0 Å².